The van der Waals surface area contributed by atoms with E-state index in [1.165, 1.54) is 12.7 Å². The molecule has 42 heavy (non-hydrogen) atoms. The van der Waals surface area contributed by atoms with Crippen molar-refractivity contribution in [1.29, 1.82) is 0 Å². The molecule has 0 N–H and O–H groups in total. The molecule has 3 heterocycles. The van der Waals surface area contributed by atoms with Gasteiger partial charge in [-0.1, -0.05) is 84.9 Å². The molecule has 0 aliphatic carbocycles. The SMILES string of the molecule is c1ccc(-c2cccc(-c3cnc(-c4cccc(-c5cncnc5)c4)nc3-c3cccc(-c4cncnc4)c3)c2)cc1. The molecule has 4 aromatic carbocycles. The number of hydrogen-bond donors (Lipinski definition) is 0. The average Bonchev–Trinajstić information content (AvgIpc) is 3.09. The Labute approximate surface area is 243 Å². The van der Waals surface area contributed by atoms with E-state index >= 15 is 0 Å². The smallest absolute Gasteiger partial charge is 0.159 e. The molecule has 0 amide bonds. The zero-order chi connectivity index (χ0) is 28.1. The Bertz CT molecular complexity index is 1980. The summed E-state index contributed by atoms with van der Waals surface area (Å²) in [5, 5.41) is 0. The molecule has 0 aliphatic rings. The summed E-state index contributed by atoms with van der Waals surface area (Å²) in [5.41, 5.74) is 10.9. The van der Waals surface area contributed by atoms with Crippen molar-refractivity contribution in [2.75, 3.05) is 0 Å². The van der Waals surface area contributed by atoms with Crippen molar-refractivity contribution in [2.45, 2.75) is 0 Å². The van der Waals surface area contributed by atoms with Crippen LogP contribution in [-0.2, 0) is 0 Å². The van der Waals surface area contributed by atoms with Crippen LogP contribution in [0.25, 0.3) is 67.2 Å². The van der Waals surface area contributed by atoms with Gasteiger partial charge in [-0.25, -0.2) is 29.9 Å². The fourth-order valence-electron chi connectivity index (χ4n) is 5.03. The summed E-state index contributed by atoms with van der Waals surface area (Å²) in [4.78, 5) is 26.8. The van der Waals surface area contributed by atoms with E-state index in [1.54, 1.807) is 12.4 Å². The second kappa shape index (κ2) is 11.3. The van der Waals surface area contributed by atoms with Gasteiger partial charge in [0.1, 0.15) is 12.7 Å². The lowest BCUT2D eigenvalue weighted by Gasteiger charge is -2.14. The quantitative estimate of drug-likeness (QED) is 0.212. The van der Waals surface area contributed by atoms with Crippen LogP contribution in [0.1, 0.15) is 0 Å². The normalized spacial score (nSPS) is 10.9. The van der Waals surface area contributed by atoms with Crippen molar-refractivity contribution in [1.82, 2.24) is 29.9 Å². The molecule has 0 aliphatic heterocycles. The number of nitrogens with zero attached hydrogens (tertiary/aromatic N) is 6. The van der Waals surface area contributed by atoms with E-state index in [-0.39, 0.29) is 0 Å². The molecule has 0 fully saturated rings. The van der Waals surface area contributed by atoms with Crippen molar-refractivity contribution >= 4 is 0 Å². The first kappa shape index (κ1) is 25.1. The Balaban J connectivity index is 1.38. The van der Waals surface area contributed by atoms with Crippen LogP contribution in [0.3, 0.4) is 0 Å². The zero-order valence-corrected chi connectivity index (χ0v) is 22.5. The van der Waals surface area contributed by atoms with E-state index in [1.807, 2.05) is 48.9 Å². The molecule has 7 aromatic rings. The van der Waals surface area contributed by atoms with Gasteiger partial charge in [0, 0.05) is 58.8 Å². The Hall–Kier alpha value is -5.88. The Morgan fingerprint density at radius 2 is 0.833 bits per heavy atom. The van der Waals surface area contributed by atoms with E-state index in [9.17, 15) is 0 Å². The van der Waals surface area contributed by atoms with Crippen LogP contribution in [-0.4, -0.2) is 29.9 Å². The highest BCUT2D eigenvalue weighted by Crippen LogP contribution is 2.36. The van der Waals surface area contributed by atoms with Crippen molar-refractivity contribution in [3.8, 4) is 67.2 Å². The van der Waals surface area contributed by atoms with Gasteiger partial charge in [0.15, 0.2) is 5.82 Å². The van der Waals surface area contributed by atoms with E-state index in [2.05, 4.69) is 92.7 Å². The molecule has 0 atom stereocenters. The average molecular weight is 541 g/mol. The Morgan fingerprint density at radius 3 is 1.48 bits per heavy atom. The summed E-state index contributed by atoms with van der Waals surface area (Å²) >= 11 is 0. The van der Waals surface area contributed by atoms with Gasteiger partial charge < -0.3 is 0 Å². The maximum Gasteiger partial charge on any atom is 0.159 e. The van der Waals surface area contributed by atoms with Crippen molar-refractivity contribution in [3.63, 3.8) is 0 Å². The molecule has 198 valence electrons. The van der Waals surface area contributed by atoms with Crippen LogP contribution in [0.2, 0.25) is 0 Å². The first-order valence-electron chi connectivity index (χ1n) is 13.6. The molecule has 0 saturated carbocycles. The van der Waals surface area contributed by atoms with Gasteiger partial charge in [0.05, 0.1) is 5.69 Å². The lowest BCUT2D eigenvalue weighted by molar-refractivity contribution is 1.17. The van der Waals surface area contributed by atoms with Gasteiger partial charge >= 0.3 is 0 Å². The van der Waals surface area contributed by atoms with Crippen LogP contribution in [0.4, 0.5) is 0 Å². The van der Waals surface area contributed by atoms with Gasteiger partial charge in [-0.15, -0.1) is 0 Å². The molecular formula is C36H24N6. The first-order valence-corrected chi connectivity index (χ1v) is 13.6. The molecule has 6 heteroatoms. The lowest BCUT2D eigenvalue weighted by Crippen LogP contribution is -1.97. The zero-order valence-electron chi connectivity index (χ0n) is 22.5. The van der Waals surface area contributed by atoms with E-state index in [4.69, 9.17) is 9.97 Å². The molecule has 6 nitrogen and oxygen atoms in total. The predicted molar refractivity (Wildman–Crippen MR) is 166 cm³/mol. The Kier molecular flexibility index (Phi) is 6.76. The number of aromatic nitrogens is 6. The molecule has 0 bridgehead atoms. The highest BCUT2D eigenvalue weighted by molar-refractivity contribution is 5.85. The standard InChI is InChI=1S/C36H24N6/c1-2-7-25(8-3-1)26-9-4-12-29(15-26)34-22-41-36(31-14-6-11-28(17-31)33-20-39-24-40-21-33)42-35(34)30-13-5-10-27(16-30)32-18-37-23-38-19-32/h1-24H. The van der Waals surface area contributed by atoms with Crippen molar-refractivity contribution < 1.29 is 0 Å². The summed E-state index contributed by atoms with van der Waals surface area (Å²) in [6.07, 6.45) is 12.3. The summed E-state index contributed by atoms with van der Waals surface area (Å²) in [6.45, 7) is 0. The predicted octanol–water partition coefficient (Wildman–Crippen LogP) is 8.06. The minimum Gasteiger partial charge on any atom is -0.244 e. The molecule has 3 aromatic heterocycles. The van der Waals surface area contributed by atoms with E-state index < -0.39 is 0 Å². The first-order chi connectivity index (χ1) is 20.8. The minimum atomic E-state index is 0.639. The third-order valence-electron chi connectivity index (χ3n) is 7.11. The fourth-order valence-corrected chi connectivity index (χ4v) is 5.03. The third-order valence-corrected chi connectivity index (χ3v) is 7.11. The summed E-state index contributed by atoms with van der Waals surface area (Å²) in [7, 11) is 0. The number of benzene rings is 4. The van der Waals surface area contributed by atoms with Crippen LogP contribution < -0.4 is 0 Å². The highest BCUT2D eigenvalue weighted by Gasteiger charge is 2.15. The van der Waals surface area contributed by atoms with Crippen LogP contribution in [0, 0.1) is 0 Å². The topological polar surface area (TPSA) is 77.3 Å². The van der Waals surface area contributed by atoms with Crippen LogP contribution in [0.5, 0.6) is 0 Å². The highest BCUT2D eigenvalue weighted by atomic mass is 14.9. The second-order valence-electron chi connectivity index (χ2n) is 9.82. The van der Waals surface area contributed by atoms with Crippen molar-refractivity contribution in [2.24, 2.45) is 0 Å². The van der Waals surface area contributed by atoms with Gasteiger partial charge in [0.25, 0.3) is 0 Å². The molecular weight excluding hydrogens is 516 g/mol. The second-order valence-corrected chi connectivity index (χ2v) is 9.82. The largest absolute Gasteiger partial charge is 0.244 e. The summed E-state index contributed by atoms with van der Waals surface area (Å²) < 4.78 is 0. The van der Waals surface area contributed by atoms with Crippen LogP contribution in [0.15, 0.2) is 147 Å². The fraction of sp³-hybridized carbons (Fsp3) is 0. The van der Waals surface area contributed by atoms with Gasteiger partial charge in [-0.05, 0) is 46.0 Å². The molecule has 0 saturated heterocycles. The molecule has 7 rings (SSSR count). The lowest BCUT2D eigenvalue weighted by atomic mass is 9.95. The maximum atomic E-state index is 5.19. The molecule has 0 unspecified atom stereocenters. The number of hydrogen-bond acceptors (Lipinski definition) is 6. The number of rotatable bonds is 6. The minimum absolute atomic E-state index is 0.639. The van der Waals surface area contributed by atoms with Gasteiger partial charge in [-0.2, -0.15) is 0 Å². The summed E-state index contributed by atoms with van der Waals surface area (Å²) in [5.74, 6) is 0.639. The Morgan fingerprint density at radius 1 is 0.357 bits per heavy atom. The molecule has 0 radical (unpaired) electrons. The monoisotopic (exact) mass is 540 g/mol. The van der Waals surface area contributed by atoms with Gasteiger partial charge in [-0.3, -0.25) is 0 Å². The molecule has 0 spiro atoms. The maximum absolute atomic E-state index is 5.19. The summed E-state index contributed by atoms with van der Waals surface area (Å²) in [6, 6.07) is 35.4. The van der Waals surface area contributed by atoms with Gasteiger partial charge in [0.2, 0.25) is 0 Å². The van der Waals surface area contributed by atoms with Crippen molar-refractivity contribution in [3.05, 3.63) is 147 Å². The van der Waals surface area contributed by atoms with E-state index in [0.29, 0.717) is 5.82 Å². The third kappa shape index (κ3) is 5.17. The van der Waals surface area contributed by atoms with E-state index in [0.717, 1.165) is 61.3 Å². The van der Waals surface area contributed by atoms with Crippen LogP contribution >= 0.6 is 0 Å².